The van der Waals surface area contributed by atoms with E-state index >= 15 is 0 Å². The van der Waals surface area contributed by atoms with Crippen molar-refractivity contribution in [2.75, 3.05) is 7.05 Å². The lowest BCUT2D eigenvalue weighted by Crippen LogP contribution is -2.23. The Morgan fingerprint density at radius 3 is 2.89 bits per heavy atom. The molecule has 0 aliphatic carbocycles. The van der Waals surface area contributed by atoms with E-state index in [9.17, 15) is 0 Å². The van der Waals surface area contributed by atoms with E-state index in [0.29, 0.717) is 0 Å². The minimum atomic E-state index is 0.205. The molecule has 2 heterocycles. The predicted molar refractivity (Wildman–Crippen MR) is 75.3 cm³/mol. The first-order chi connectivity index (χ1) is 8.76. The van der Waals surface area contributed by atoms with Gasteiger partial charge in [-0.05, 0) is 42.0 Å². The van der Waals surface area contributed by atoms with Gasteiger partial charge in [0.15, 0.2) is 0 Å². The zero-order chi connectivity index (χ0) is 13.0. The zero-order valence-electron chi connectivity index (χ0n) is 10.6. The fourth-order valence-electron chi connectivity index (χ4n) is 2.03. The summed E-state index contributed by atoms with van der Waals surface area (Å²) < 4.78 is 3.05. The van der Waals surface area contributed by atoms with Gasteiger partial charge in [0.25, 0.3) is 0 Å². The van der Waals surface area contributed by atoms with Gasteiger partial charge in [0.1, 0.15) is 0 Å². The van der Waals surface area contributed by atoms with Crippen LogP contribution < -0.4 is 5.32 Å². The Labute approximate surface area is 116 Å². The van der Waals surface area contributed by atoms with E-state index in [0.717, 1.165) is 23.1 Å². The van der Waals surface area contributed by atoms with E-state index in [1.165, 1.54) is 5.69 Å². The number of hydrogen-bond donors (Lipinski definition) is 1. The highest BCUT2D eigenvalue weighted by molar-refractivity contribution is 9.10. The second kappa shape index (κ2) is 6.11. The van der Waals surface area contributed by atoms with Crippen LogP contribution in [-0.4, -0.2) is 21.8 Å². The van der Waals surface area contributed by atoms with Crippen molar-refractivity contribution in [3.05, 3.63) is 46.5 Å². The van der Waals surface area contributed by atoms with Crippen molar-refractivity contribution in [1.82, 2.24) is 20.1 Å². The van der Waals surface area contributed by atoms with Crippen molar-refractivity contribution in [2.45, 2.75) is 25.9 Å². The summed E-state index contributed by atoms with van der Waals surface area (Å²) in [6.07, 6.45) is 4.53. The Morgan fingerprint density at radius 1 is 1.44 bits per heavy atom. The molecular weight excluding hydrogens is 292 g/mol. The normalized spacial score (nSPS) is 12.6. The molecule has 0 aliphatic heterocycles. The van der Waals surface area contributed by atoms with Gasteiger partial charge < -0.3 is 5.32 Å². The average molecular weight is 309 g/mol. The highest BCUT2D eigenvalue weighted by Gasteiger charge is 2.18. The summed E-state index contributed by atoms with van der Waals surface area (Å²) in [5, 5.41) is 7.69. The quantitative estimate of drug-likeness (QED) is 0.923. The maximum Gasteiger partial charge on any atom is 0.0699 e. The van der Waals surface area contributed by atoms with Gasteiger partial charge in [-0.3, -0.25) is 9.67 Å². The first kappa shape index (κ1) is 13.2. The Bertz CT molecular complexity index is 495. The molecule has 0 spiro atoms. The molecule has 18 heavy (non-hydrogen) atoms. The van der Waals surface area contributed by atoms with Gasteiger partial charge in [-0.25, -0.2) is 0 Å². The number of pyridine rings is 1. The van der Waals surface area contributed by atoms with Crippen molar-refractivity contribution >= 4 is 15.9 Å². The Kier molecular flexibility index (Phi) is 4.49. The largest absolute Gasteiger partial charge is 0.311 e. The highest BCUT2D eigenvalue weighted by Crippen LogP contribution is 2.25. The summed E-state index contributed by atoms with van der Waals surface area (Å²) >= 11 is 3.57. The minimum Gasteiger partial charge on any atom is -0.311 e. The highest BCUT2D eigenvalue weighted by atomic mass is 79.9. The average Bonchev–Trinajstić information content (AvgIpc) is 2.78. The van der Waals surface area contributed by atoms with E-state index in [2.05, 4.69) is 38.3 Å². The SMILES string of the molecule is CCn1ncc(Br)c1C(Cc1ccccn1)NC. The van der Waals surface area contributed by atoms with Crippen molar-refractivity contribution < 1.29 is 0 Å². The number of hydrogen-bond acceptors (Lipinski definition) is 3. The summed E-state index contributed by atoms with van der Waals surface area (Å²) in [5.74, 6) is 0. The maximum absolute atomic E-state index is 4.38. The lowest BCUT2D eigenvalue weighted by molar-refractivity contribution is 0.508. The van der Waals surface area contributed by atoms with Crippen molar-refractivity contribution in [2.24, 2.45) is 0 Å². The van der Waals surface area contributed by atoms with Crippen LogP contribution in [0.3, 0.4) is 0 Å². The van der Waals surface area contributed by atoms with Crippen LogP contribution in [-0.2, 0) is 13.0 Å². The number of aryl methyl sites for hydroxylation is 1. The number of halogens is 1. The van der Waals surface area contributed by atoms with Gasteiger partial charge in [0.2, 0.25) is 0 Å². The lowest BCUT2D eigenvalue weighted by atomic mass is 10.1. The lowest BCUT2D eigenvalue weighted by Gasteiger charge is -2.18. The van der Waals surface area contributed by atoms with Crippen LogP contribution in [0.5, 0.6) is 0 Å². The second-order valence-electron chi connectivity index (χ2n) is 4.06. The Hall–Kier alpha value is -1.20. The first-order valence-electron chi connectivity index (χ1n) is 6.04. The number of aromatic nitrogens is 3. The van der Waals surface area contributed by atoms with Crippen molar-refractivity contribution in [3.8, 4) is 0 Å². The van der Waals surface area contributed by atoms with Crippen LogP contribution in [0.15, 0.2) is 35.1 Å². The summed E-state index contributed by atoms with van der Waals surface area (Å²) in [6, 6.07) is 6.20. The molecule has 0 saturated heterocycles. The Morgan fingerprint density at radius 2 is 2.28 bits per heavy atom. The van der Waals surface area contributed by atoms with Crippen LogP contribution in [0.2, 0.25) is 0 Å². The van der Waals surface area contributed by atoms with Gasteiger partial charge in [-0.1, -0.05) is 6.07 Å². The van der Waals surface area contributed by atoms with Crippen LogP contribution in [0.25, 0.3) is 0 Å². The van der Waals surface area contributed by atoms with Crippen molar-refractivity contribution in [3.63, 3.8) is 0 Å². The van der Waals surface area contributed by atoms with Gasteiger partial charge in [-0.2, -0.15) is 5.10 Å². The third-order valence-electron chi connectivity index (χ3n) is 2.95. The molecule has 0 saturated carbocycles. The van der Waals surface area contributed by atoms with Crippen LogP contribution in [0.1, 0.15) is 24.4 Å². The molecule has 1 atom stereocenters. The molecular formula is C13H17BrN4. The van der Waals surface area contributed by atoms with Crippen LogP contribution in [0.4, 0.5) is 0 Å². The molecule has 2 aromatic heterocycles. The first-order valence-corrected chi connectivity index (χ1v) is 6.84. The summed E-state index contributed by atoms with van der Waals surface area (Å²) in [4.78, 5) is 4.38. The second-order valence-corrected chi connectivity index (χ2v) is 4.91. The smallest absolute Gasteiger partial charge is 0.0699 e. The molecule has 0 amide bonds. The predicted octanol–water partition coefficient (Wildman–Crippen LogP) is 2.56. The number of rotatable bonds is 5. The standard InChI is InChI=1S/C13H17BrN4/c1-3-18-13(11(14)9-17-18)12(15-2)8-10-6-4-5-7-16-10/h4-7,9,12,15H,3,8H2,1-2H3. The molecule has 0 aromatic carbocycles. The van der Waals surface area contributed by atoms with E-state index < -0.39 is 0 Å². The van der Waals surface area contributed by atoms with E-state index in [1.54, 1.807) is 0 Å². The molecule has 0 aliphatic rings. The van der Waals surface area contributed by atoms with E-state index in [4.69, 9.17) is 0 Å². The molecule has 5 heteroatoms. The molecule has 0 radical (unpaired) electrons. The van der Waals surface area contributed by atoms with E-state index in [-0.39, 0.29) is 6.04 Å². The fraction of sp³-hybridized carbons (Fsp3) is 0.385. The number of likely N-dealkylation sites (N-methyl/N-ethyl adjacent to an activating group) is 1. The van der Waals surface area contributed by atoms with E-state index in [1.807, 2.05) is 42.3 Å². The molecule has 0 fully saturated rings. The molecule has 1 N–H and O–H groups in total. The molecule has 96 valence electrons. The van der Waals surface area contributed by atoms with Gasteiger partial charge in [0.05, 0.1) is 22.4 Å². The van der Waals surface area contributed by atoms with Crippen LogP contribution in [0, 0.1) is 0 Å². The summed E-state index contributed by atoms with van der Waals surface area (Å²) in [5.41, 5.74) is 2.25. The zero-order valence-corrected chi connectivity index (χ0v) is 12.2. The monoisotopic (exact) mass is 308 g/mol. The Balaban J connectivity index is 2.25. The molecule has 2 aromatic rings. The molecule has 0 bridgehead atoms. The minimum absolute atomic E-state index is 0.205. The van der Waals surface area contributed by atoms with Gasteiger partial charge in [-0.15, -0.1) is 0 Å². The van der Waals surface area contributed by atoms with Gasteiger partial charge >= 0.3 is 0 Å². The molecule has 2 rings (SSSR count). The molecule has 4 nitrogen and oxygen atoms in total. The molecule has 1 unspecified atom stereocenters. The third kappa shape index (κ3) is 2.79. The van der Waals surface area contributed by atoms with Crippen molar-refractivity contribution in [1.29, 1.82) is 0 Å². The topological polar surface area (TPSA) is 42.7 Å². The number of nitrogens with zero attached hydrogens (tertiary/aromatic N) is 3. The number of nitrogens with one attached hydrogen (secondary N) is 1. The van der Waals surface area contributed by atoms with Gasteiger partial charge in [0, 0.05) is 24.9 Å². The third-order valence-corrected chi connectivity index (χ3v) is 3.56. The fourth-order valence-corrected chi connectivity index (χ4v) is 2.61. The summed E-state index contributed by atoms with van der Waals surface area (Å²) in [7, 11) is 1.97. The maximum atomic E-state index is 4.38. The summed E-state index contributed by atoms with van der Waals surface area (Å²) in [6.45, 7) is 2.96. The van der Waals surface area contributed by atoms with Crippen LogP contribution >= 0.6 is 15.9 Å².